The molecule has 2 aromatic rings. The van der Waals surface area contributed by atoms with E-state index in [-0.39, 0.29) is 12.5 Å². The zero-order valence-corrected chi connectivity index (χ0v) is 16.7. The molecule has 1 unspecified atom stereocenters. The van der Waals surface area contributed by atoms with E-state index >= 15 is 0 Å². The van der Waals surface area contributed by atoms with Crippen LogP contribution in [0.3, 0.4) is 0 Å². The van der Waals surface area contributed by atoms with Gasteiger partial charge in [0.25, 0.3) is 5.91 Å². The number of carbonyl (C=O) groups is 1. The predicted octanol–water partition coefficient (Wildman–Crippen LogP) is 4.52. The summed E-state index contributed by atoms with van der Waals surface area (Å²) in [5.41, 5.74) is 3.78. The summed E-state index contributed by atoms with van der Waals surface area (Å²) in [6, 6.07) is 14.2. The van der Waals surface area contributed by atoms with Gasteiger partial charge in [0.1, 0.15) is 11.5 Å². The van der Waals surface area contributed by atoms with Crippen molar-refractivity contribution in [1.29, 1.82) is 0 Å². The van der Waals surface area contributed by atoms with Crippen LogP contribution in [0.1, 0.15) is 48.8 Å². The predicted molar refractivity (Wildman–Crippen MR) is 108 cm³/mol. The third-order valence-corrected chi connectivity index (χ3v) is 5.35. The van der Waals surface area contributed by atoms with Crippen molar-refractivity contribution in [3.63, 3.8) is 0 Å². The Labute approximate surface area is 162 Å². The molecule has 0 aromatic heterocycles. The largest absolute Gasteiger partial charge is 0.497 e. The van der Waals surface area contributed by atoms with Gasteiger partial charge in [0.2, 0.25) is 0 Å². The number of hydrogen-bond acceptors (Lipinski definition) is 3. The Kier molecular flexibility index (Phi) is 6.04. The molecule has 3 rings (SSSR count). The molecule has 4 heteroatoms. The van der Waals surface area contributed by atoms with Gasteiger partial charge in [-0.25, -0.2) is 0 Å². The average molecular weight is 367 g/mol. The summed E-state index contributed by atoms with van der Waals surface area (Å²) in [7, 11) is 1.67. The lowest BCUT2D eigenvalue weighted by Crippen LogP contribution is -2.32. The number of likely N-dealkylation sites (tertiary alicyclic amines) is 1. The average Bonchev–Trinajstić information content (AvgIpc) is 3.16. The van der Waals surface area contributed by atoms with Crippen LogP contribution in [0.5, 0.6) is 11.5 Å². The van der Waals surface area contributed by atoms with E-state index in [1.807, 2.05) is 29.2 Å². The van der Waals surface area contributed by atoms with E-state index in [2.05, 4.69) is 39.0 Å². The standard InChI is InChI=1S/C23H29NO3/c1-16(2)22-10-9-21(13-17(22)3)27-15-23(25)24-12-11-19(14-24)18-5-7-20(26-4)8-6-18/h5-10,13,16,19H,11-12,14-15H2,1-4H3. The molecule has 27 heavy (non-hydrogen) atoms. The molecule has 1 saturated heterocycles. The SMILES string of the molecule is COc1ccc(C2CCN(C(=O)COc3ccc(C(C)C)c(C)c3)C2)cc1. The molecule has 1 fully saturated rings. The molecule has 1 amide bonds. The fourth-order valence-corrected chi connectivity index (χ4v) is 3.76. The van der Waals surface area contributed by atoms with Gasteiger partial charge in [0.15, 0.2) is 6.61 Å². The van der Waals surface area contributed by atoms with E-state index in [9.17, 15) is 4.79 Å². The molecule has 0 aliphatic carbocycles. The van der Waals surface area contributed by atoms with E-state index in [1.165, 1.54) is 16.7 Å². The molecule has 0 radical (unpaired) electrons. The summed E-state index contributed by atoms with van der Waals surface area (Å²) in [6.45, 7) is 8.07. The molecule has 0 spiro atoms. The van der Waals surface area contributed by atoms with Gasteiger partial charge in [-0.3, -0.25) is 4.79 Å². The number of nitrogens with zero attached hydrogens (tertiary/aromatic N) is 1. The minimum atomic E-state index is 0.0524. The summed E-state index contributed by atoms with van der Waals surface area (Å²) in [4.78, 5) is 14.4. The van der Waals surface area contributed by atoms with E-state index in [1.54, 1.807) is 7.11 Å². The van der Waals surface area contributed by atoms with Crippen LogP contribution in [0.15, 0.2) is 42.5 Å². The second-order valence-corrected chi connectivity index (χ2v) is 7.56. The highest BCUT2D eigenvalue weighted by atomic mass is 16.5. The molecule has 2 aromatic carbocycles. The Balaban J connectivity index is 1.53. The number of amides is 1. The van der Waals surface area contributed by atoms with E-state index < -0.39 is 0 Å². The van der Waals surface area contributed by atoms with Gasteiger partial charge >= 0.3 is 0 Å². The summed E-state index contributed by atoms with van der Waals surface area (Å²) >= 11 is 0. The first-order valence-electron chi connectivity index (χ1n) is 9.63. The van der Waals surface area contributed by atoms with Crippen LogP contribution >= 0.6 is 0 Å². The fraction of sp³-hybridized carbons (Fsp3) is 0.435. The summed E-state index contributed by atoms with van der Waals surface area (Å²) in [5.74, 6) is 2.54. The molecule has 0 saturated carbocycles. The lowest BCUT2D eigenvalue weighted by Gasteiger charge is -2.18. The maximum atomic E-state index is 12.5. The molecule has 1 atom stereocenters. The number of rotatable bonds is 6. The highest BCUT2D eigenvalue weighted by Gasteiger charge is 2.27. The molecule has 1 heterocycles. The topological polar surface area (TPSA) is 38.8 Å². The number of methoxy groups -OCH3 is 1. The molecule has 1 aliphatic rings. The van der Waals surface area contributed by atoms with E-state index in [4.69, 9.17) is 9.47 Å². The van der Waals surface area contributed by atoms with Gasteiger partial charge in [0.05, 0.1) is 7.11 Å². The van der Waals surface area contributed by atoms with E-state index in [0.29, 0.717) is 11.8 Å². The van der Waals surface area contributed by atoms with Gasteiger partial charge in [-0.2, -0.15) is 0 Å². The van der Waals surface area contributed by atoms with Crippen LogP contribution in [0.2, 0.25) is 0 Å². The zero-order chi connectivity index (χ0) is 19.4. The number of carbonyl (C=O) groups excluding carboxylic acids is 1. The second kappa shape index (κ2) is 8.47. The lowest BCUT2D eigenvalue weighted by molar-refractivity contribution is -0.132. The number of hydrogen-bond donors (Lipinski definition) is 0. The van der Waals surface area contributed by atoms with Crippen LogP contribution in [-0.2, 0) is 4.79 Å². The highest BCUT2D eigenvalue weighted by molar-refractivity contribution is 5.78. The van der Waals surface area contributed by atoms with Crippen molar-refractivity contribution < 1.29 is 14.3 Å². The maximum Gasteiger partial charge on any atom is 0.260 e. The van der Waals surface area contributed by atoms with Crippen molar-refractivity contribution in [2.24, 2.45) is 0 Å². The summed E-state index contributed by atoms with van der Waals surface area (Å²) in [6.07, 6.45) is 0.986. The summed E-state index contributed by atoms with van der Waals surface area (Å²) in [5, 5.41) is 0. The first-order valence-corrected chi connectivity index (χ1v) is 9.63. The van der Waals surface area contributed by atoms with Crippen molar-refractivity contribution in [3.8, 4) is 11.5 Å². The maximum absolute atomic E-state index is 12.5. The Hall–Kier alpha value is -2.49. The smallest absolute Gasteiger partial charge is 0.260 e. The van der Waals surface area contributed by atoms with Gasteiger partial charge in [-0.1, -0.05) is 32.0 Å². The second-order valence-electron chi connectivity index (χ2n) is 7.56. The highest BCUT2D eigenvalue weighted by Crippen LogP contribution is 2.29. The van der Waals surface area contributed by atoms with Gasteiger partial charge < -0.3 is 14.4 Å². The van der Waals surface area contributed by atoms with Crippen molar-refractivity contribution in [3.05, 3.63) is 59.2 Å². The van der Waals surface area contributed by atoms with Crippen molar-refractivity contribution in [2.75, 3.05) is 26.8 Å². The molecule has 0 N–H and O–H groups in total. The molecule has 1 aliphatic heterocycles. The van der Waals surface area contributed by atoms with Crippen LogP contribution in [0.4, 0.5) is 0 Å². The minimum absolute atomic E-state index is 0.0524. The quantitative estimate of drug-likeness (QED) is 0.753. The van der Waals surface area contributed by atoms with Gasteiger partial charge in [0, 0.05) is 19.0 Å². The van der Waals surface area contributed by atoms with E-state index in [0.717, 1.165) is 31.0 Å². The monoisotopic (exact) mass is 367 g/mol. The number of ether oxygens (including phenoxy) is 2. The molecule has 4 nitrogen and oxygen atoms in total. The Morgan fingerprint density at radius 1 is 1.15 bits per heavy atom. The van der Waals surface area contributed by atoms with Crippen LogP contribution in [-0.4, -0.2) is 37.6 Å². The zero-order valence-electron chi connectivity index (χ0n) is 16.7. The third kappa shape index (κ3) is 4.62. The summed E-state index contributed by atoms with van der Waals surface area (Å²) < 4.78 is 11.0. The normalized spacial score (nSPS) is 16.6. The minimum Gasteiger partial charge on any atom is -0.497 e. The lowest BCUT2D eigenvalue weighted by atomic mass is 9.98. The van der Waals surface area contributed by atoms with Crippen molar-refractivity contribution in [1.82, 2.24) is 4.90 Å². The third-order valence-electron chi connectivity index (χ3n) is 5.35. The Morgan fingerprint density at radius 3 is 2.48 bits per heavy atom. The van der Waals surface area contributed by atoms with Crippen molar-refractivity contribution >= 4 is 5.91 Å². The Morgan fingerprint density at radius 2 is 1.85 bits per heavy atom. The number of aryl methyl sites for hydroxylation is 1. The van der Waals surface area contributed by atoms with Crippen LogP contribution in [0.25, 0.3) is 0 Å². The molecular formula is C23H29NO3. The molecule has 144 valence electrons. The number of benzene rings is 2. The first kappa shape index (κ1) is 19.3. The molecule has 0 bridgehead atoms. The van der Waals surface area contributed by atoms with Gasteiger partial charge in [-0.05, 0) is 60.2 Å². The van der Waals surface area contributed by atoms with Crippen molar-refractivity contribution in [2.45, 2.75) is 39.0 Å². The van der Waals surface area contributed by atoms with Gasteiger partial charge in [-0.15, -0.1) is 0 Å². The Bertz CT molecular complexity index is 783. The van der Waals surface area contributed by atoms with Crippen LogP contribution < -0.4 is 9.47 Å². The molecular weight excluding hydrogens is 338 g/mol. The van der Waals surface area contributed by atoms with Crippen LogP contribution in [0, 0.1) is 6.92 Å². The fourth-order valence-electron chi connectivity index (χ4n) is 3.76. The first-order chi connectivity index (χ1) is 13.0.